The lowest BCUT2D eigenvalue weighted by Gasteiger charge is -2.28. The lowest BCUT2D eigenvalue weighted by molar-refractivity contribution is -0.0756. The van der Waals surface area contributed by atoms with Crippen LogP contribution >= 0.6 is 0 Å². The van der Waals surface area contributed by atoms with Gasteiger partial charge in [-0.05, 0) is 18.4 Å². The highest BCUT2D eigenvalue weighted by molar-refractivity contribution is 5.62. The molecule has 1 aromatic heterocycles. The summed E-state index contributed by atoms with van der Waals surface area (Å²) in [6.07, 6.45) is 4.33. The van der Waals surface area contributed by atoms with Gasteiger partial charge in [-0.25, -0.2) is 0 Å². The standard InChI is InChI=1S/C18H23N3O2/c1-22-16-12-21(13-18(16)8-5-9-23-18)11-15-10-19-20-17(15)14-6-3-2-4-7-14/h2-4,6-7,10,16H,5,8-9,11-13H2,1H3,(H,19,20)/t16-,18-/m0/s1. The summed E-state index contributed by atoms with van der Waals surface area (Å²) < 4.78 is 11.8. The molecular formula is C18H23N3O2. The molecule has 5 heteroatoms. The zero-order valence-corrected chi connectivity index (χ0v) is 13.5. The van der Waals surface area contributed by atoms with Crippen LogP contribution in [0.2, 0.25) is 0 Å². The molecule has 2 fully saturated rings. The maximum Gasteiger partial charge on any atom is 0.108 e. The Balaban J connectivity index is 1.53. The third-order valence-electron chi connectivity index (χ3n) is 5.09. The predicted octanol–water partition coefficient (Wildman–Crippen LogP) is 2.46. The number of H-pyrrole nitrogens is 1. The largest absolute Gasteiger partial charge is 0.377 e. The van der Waals surface area contributed by atoms with Crippen molar-refractivity contribution in [3.05, 3.63) is 42.1 Å². The van der Waals surface area contributed by atoms with Crippen molar-refractivity contribution >= 4 is 0 Å². The Hall–Kier alpha value is -1.69. The molecule has 1 spiro atoms. The van der Waals surface area contributed by atoms with Gasteiger partial charge in [-0.2, -0.15) is 5.10 Å². The summed E-state index contributed by atoms with van der Waals surface area (Å²) in [5.74, 6) is 0. The van der Waals surface area contributed by atoms with Crippen molar-refractivity contribution in [3.8, 4) is 11.3 Å². The SMILES string of the molecule is CO[C@H]1CN(Cc2cn[nH]c2-c2ccccc2)C[C@@]12CCCO2. The molecule has 2 aliphatic heterocycles. The molecule has 1 aromatic carbocycles. The highest BCUT2D eigenvalue weighted by atomic mass is 16.6. The van der Waals surface area contributed by atoms with Crippen LogP contribution in [0, 0.1) is 0 Å². The normalized spacial score (nSPS) is 28.0. The first-order chi connectivity index (χ1) is 11.3. The lowest BCUT2D eigenvalue weighted by atomic mass is 9.96. The van der Waals surface area contributed by atoms with Crippen LogP contribution in [0.15, 0.2) is 36.5 Å². The van der Waals surface area contributed by atoms with Crippen molar-refractivity contribution in [3.63, 3.8) is 0 Å². The number of benzene rings is 1. The number of aromatic amines is 1. The van der Waals surface area contributed by atoms with E-state index in [0.717, 1.165) is 44.8 Å². The van der Waals surface area contributed by atoms with Crippen LogP contribution in [-0.4, -0.2) is 53.6 Å². The second-order valence-electron chi connectivity index (χ2n) is 6.55. The van der Waals surface area contributed by atoms with Gasteiger partial charge in [0.25, 0.3) is 0 Å². The van der Waals surface area contributed by atoms with Crippen molar-refractivity contribution < 1.29 is 9.47 Å². The van der Waals surface area contributed by atoms with Gasteiger partial charge in [0.05, 0.1) is 18.0 Å². The minimum absolute atomic E-state index is 0.106. The van der Waals surface area contributed by atoms with Crippen molar-refractivity contribution in [1.29, 1.82) is 0 Å². The van der Waals surface area contributed by atoms with Crippen LogP contribution in [-0.2, 0) is 16.0 Å². The van der Waals surface area contributed by atoms with E-state index < -0.39 is 0 Å². The summed E-state index contributed by atoms with van der Waals surface area (Å²) in [5, 5.41) is 7.40. The second-order valence-corrected chi connectivity index (χ2v) is 6.55. The zero-order valence-electron chi connectivity index (χ0n) is 13.5. The molecule has 2 atom stereocenters. The van der Waals surface area contributed by atoms with E-state index in [1.54, 1.807) is 7.11 Å². The lowest BCUT2D eigenvalue weighted by Crippen LogP contribution is -2.41. The number of nitrogens with zero attached hydrogens (tertiary/aromatic N) is 2. The van der Waals surface area contributed by atoms with Crippen LogP contribution in [0.5, 0.6) is 0 Å². The Morgan fingerprint density at radius 1 is 1.39 bits per heavy atom. The van der Waals surface area contributed by atoms with E-state index in [-0.39, 0.29) is 11.7 Å². The van der Waals surface area contributed by atoms with Gasteiger partial charge in [-0.15, -0.1) is 0 Å². The number of nitrogens with one attached hydrogen (secondary N) is 1. The minimum atomic E-state index is -0.106. The number of aromatic nitrogens is 2. The Morgan fingerprint density at radius 3 is 3.00 bits per heavy atom. The molecule has 0 amide bonds. The summed E-state index contributed by atoms with van der Waals surface area (Å²) in [6, 6.07) is 10.4. The number of ether oxygens (including phenoxy) is 2. The fourth-order valence-corrected chi connectivity index (χ4v) is 3.98. The van der Waals surface area contributed by atoms with E-state index in [1.165, 1.54) is 11.1 Å². The molecule has 0 bridgehead atoms. The molecule has 3 heterocycles. The van der Waals surface area contributed by atoms with Crippen LogP contribution in [0.4, 0.5) is 0 Å². The fraction of sp³-hybridized carbons (Fsp3) is 0.500. The molecule has 0 unspecified atom stereocenters. The fourth-order valence-electron chi connectivity index (χ4n) is 3.98. The highest BCUT2D eigenvalue weighted by Gasteiger charge is 2.50. The van der Waals surface area contributed by atoms with Gasteiger partial charge in [-0.3, -0.25) is 10.00 Å². The monoisotopic (exact) mass is 313 g/mol. The summed E-state index contributed by atoms with van der Waals surface area (Å²) in [7, 11) is 1.80. The second kappa shape index (κ2) is 6.07. The Labute approximate surface area is 136 Å². The van der Waals surface area contributed by atoms with Gasteiger partial charge in [-0.1, -0.05) is 30.3 Å². The number of hydrogen-bond donors (Lipinski definition) is 1. The van der Waals surface area contributed by atoms with E-state index >= 15 is 0 Å². The van der Waals surface area contributed by atoms with Crippen molar-refractivity contribution in [2.75, 3.05) is 26.8 Å². The molecular weight excluding hydrogens is 290 g/mol. The maximum atomic E-state index is 6.08. The van der Waals surface area contributed by atoms with E-state index in [2.05, 4.69) is 39.4 Å². The van der Waals surface area contributed by atoms with E-state index in [0.29, 0.717) is 0 Å². The van der Waals surface area contributed by atoms with E-state index in [4.69, 9.17) is 9.47 Å². The quantitative estimate of drug-likeness (QED) is 0.942. The Morgan fingerprint density at radius 2 is 2.26 bits per heavy atom. The Kier molecular flexibility index (Phi) is 3.93. The zero-order chi connectivity index (χ0) is 15.7. The van der Waals surface area contributed by atoms with Gasteiger partial charge >= 0.3 is 0 Å². The Bertz CT molecular complexity index is 649. The number of likely N-dealkylation sites (tertiary alicyclic amines) is 1. The first-order valence-electron chi connectivity index (χ1n) is 8.27. The summed E-state index contributed by atoms with van der Waals surface area (Å²) in [6.45, 7) is 3.57. The molecule has 0 aliphatic carbocycles. The third kappa shape index (κ3) is 2.69. The third-order valence-corrected chi connectivity index (χ3v) is 5.09. The molecule has 0 radical (unpaired) electrons. The molecule has 0 saturated carbocycles. The summed E-state index contributed by atoms with van der Waals surface area (Å²) in [4.78, 5) is 2.43. The van der Waals surface area contributed by atoms with E-state index in [1.807, 2.05) is 12.3 Å². The number of rotatable bonds is 4. The summed E-state index contributed by atoms with van der Waals surface area (Å²) in [5.41, 5.74) is 3.40. The van der Waals surface area contributed by atoms with Crippen LogP contribution in [0.25, 0.3) is 11.3 Å². The molecule has 23 heavy (non-hydrogen) atoms. The van der Waals surface area contributed by atoms with Gasteiger partial charge < -0.3 is 9.47 Å². The van der Waals surface area contributed by atoms with Crippen LogP contribution in [0.3, 0.4) is 0 Å². The topological polar surface area (TPSA) is 50.4 Å². The molecule has 1 N–H and O–H groups in total. The van der Waals surface area contributed by atoms with Crippen molar-refractivity contribution in [1.82, 2.24) is 15.1 Å². The van der Waals surface area contributed by atoms with Gasteiger partial charge in [0, 0.05) is 38.9 Å². The molecule has 2 aromatic rings. The van der Waals surface area contributed by atoms with Gasteiger partial charge in [0.2, 0.25) is 0 Å². The van der Waals surface area contributed by atoms with Gasteiger partial charge in [0.1, 0.15) is 5.60 Å². The first-order valence-corrected chi connectivity index (χ1v) is 8.27. The smallest absolute Gasteiger partial charge is 0.108 e. The molecule has 122 valence electrons. The maximum absolute atomic E-state index is 6.08. The van der Waals surface area contributed by atoms with E-state index in [9.17, 15) is 0 Å². The molecule has 2 aliphatic rings. The first kappa shape index (κ1) is 14.9. The van der Waals surface area contributed by atoms with Crippen molar-refractivity contribution in [2.45, 2.75) is 31.1 Å². The number of methoxy groups -OCH3 is 1. The predicted molar refractivity (Wildman–Crippen MR) is 88.0 cm³/mol. The molecule has 2 saturated heterocycles. The van der Waals surface area contributed by atoms with Crippen LogP contribution in [0.1, 0.15) is 18.4 Å². The van der Waals surface area contributed by atoms with Gasteiger partial charge in [0.15, 0.2) is 0 Å². The van der Waals surface area contributed by atoms with Crippen LogP contribution < -0.4 is 0 Å². The molecule has 5 nitrogen and oxygen atoms in total. The summed E-state index contributed by atoms with van der Waals surface area (Å²) >= 11 is 0. The van der Waals surface area contributed by atoms with Crippen molar-refractivity contribution in [2.24, 2.45) is 0 Å². The average molecular weight is 313 g/mol. The molecule has 4 rings (SSSR count). The minimum Gasteiger partial charge on any atom is -0.377 e. The average Bonchev–Trinajstić information content (AvgIpc) is 3.30. The highest BCUT2D eigenvalue weighted by Crippen LogP contribution is 2.37. The number of hydrogen-bond acceptors (Lipinski definition) is 4.